The van der Waals surface area contributed by atoms with Crippen LogP contribution in [0.1, 0.15) is 62.8 Å². The third-order valence-electron chi connectivity index (χ3n) is 10.3. The van der Waals surface area contributed by atoms with Gasteiger partial charge in [-0.15, -0.1) is 0 Å². The summed E-state index contributed by atoms with van der Waals surface area (Å²) in [5.74, 6) is 0.383. The zero-order valence-corrected chi connectivity index (χ0v) is 28.5. The highest BCUT2D eigenvalue weighted by atomic mass is 19.4. The number of methoxy groups -OCH3 is 1. The summed E-state index contributed by atoms with van der Waals surface area (Å²) in [4.78, 5) is 43.8. The smallest absolute Gasteiger partial charge is 0.433 e. The van der Waals surface area contributed by atoms with E-state index in [-0.39, 0.29) is 23.8 Å². The second-order valence-corrected chi connectivity index (χ2v) is 14.1. The predicted molar refractivity (Wildman–Crippen MR) is 182 cm³/mol. The van der Waals surface area contributed by atoms with Gasteiger partial charge in [0.15, 0.2) is 11.5 Å². The molecule has 5 heterocycles. The molecule has 4 aromatic heterocycles. The van der Waals surface area contributed by atoms with Gasteiger partial charge in [-0.3, -0.25) is 9.69 Å². The zero-order chi connectivity index (χ0) is 35.2. The molecule has 15 heteroatoms. The molecule has 0 aromatic carbocycles. The van der Waals surface area contributed by atoms with E-state index < -0.39 is 17.8 Å². The van der Waals surface area contributed by atoms with Crippen LogP contribution < -0.4 is 9.80 Å². The number of rotatable bonds is 12. The van der Waals surface area contributed by atoms with Gasteiger partial charge in [0.2, 0.25) is 0 Å². The van der Waals surface area contributed by atoms with Gasteiger partial charge in [-0.2, -0.15) is 13.2 Å². The monoisotopic (exact) mass is 693 g/mol. The number of nitrogens with zero attached hydrogens (tertiary/aromatic N) is 8. The van der Waals surface area contributed by atoms with Crippen molar-refractivity contribution in [3.05, 3.63) is 42.0 Å². The molecule has 2 aliphatic carbocycles. The molecule has 2 N–H and O–H groups in total. The fourth-order valence-corrected chi connectivity index (χ4v) is 7.27. The van der Waals surface area contributed by atoms with Gasteiger partial charge in [-0.05, 0) is 50.8 Å². The summed E-state index contributed by atoms with van der Waals surface area (Å²) in [5.41, 5.74) is 2.54. The largest absolute Gasteiger partial charge is 0.481 e. The van der Waals surface area contributed by atoms with Crippen molar-refractivity contribution in [3.63, 3.8) is 0 Å². The summed E-state index contributed by atoms with van der Waals surface area (Å²) in [6.07, 6.45) is 3.69. The lowest BCUT2D eigenvalue weighted by Gasteiger charge is -2.44. The lowest BCUT2D eigenvalue weighted by Crippen LogP contribution is -2.50. The Balaban J connectivity index is 1.21. The number of alkyl halides is 3. The number of hydrogen-bond donors (Lipinski definition) is 2. The lowest BCUT2D eigenvalue weighted by molar-refractivity contribution is -0.141. The molecule has 266 valence electrons. The van der Waals surface area contributed by atoms with Crippen molar-refractivity contribution >= 4 is 28.6 Å². The van der Waals surface area contributed by atoms with E-state index in [9.17, 15) is 18.0 Å². The first-order chi connectivity index (χ1) is 23.9. The topological polar surface area (TPSA) is 136 Å². The van der Waals surface area contributed by atoms with Crippen LogP contribution in [0.15, 0.2) is 30.6 Å². The number of fused-ring (bicyclic) bond motifs is 1. The molecular formula is C35H42F3N9O3. The molecule has 7 rings (SSSR count). The summed E-state index contributed by atoms with van der Waals surface area (Å²) in [5, 5.41) is 9.15. The molecular weight excluding hydrogens is 651 g/mol. The molecule has 12 nitrogen and oxygen atoms in total. The zero-order valence-electron chi connectivity index (χ0n) is 28.5. The molecule has 0 spiro atoms. The number of ether oxygens (including phenoxy) is 1. The van der Waals surface area contributed by atoms with E-state index >= 15 is 0 Å². The third kappa shape index (κ3) is 7.11. The van der Waals surface area contributed by atoms with Gasteiger partial charge in [0.05, 0.1) is 36.8 Å². The van der Waals surface area contributed by atoms with Crippen LogP contribution in [0.3, 0.4) is 0 Å². The molecule has 0 radical (unpaired) electrons. The van der Waals surface area contributed by atoms with Crippen LogP contribution in [0.2, 0.25) is 0 Å². The number of nitrogens with one attached hydrogen (secondary N) is 1. The maximum atomic E-state index is 14.0. The number of H-pyrrole nitrogens is 1. The first kappa shape index (κ1) is 34.1. The third-order valence-corrected chi connectivity index (χ3v) is 10.3. The lowest BCUT2D eigenvalue weighted by atomic mass is 9.69. The van der Waals surface area contributed by atoms with E-state index in [2.05, 4.69) is 34.6 Å². The summed E-state index contributed by atoms with van der Waals surface area (Å²) < 4.78 is 47.5. The number of aliphatic carboxylic acids is 1. The van der Waals surface area contributed by atoms with E-state index in [1.165, 1.54) is 0 Å². The summed E-state index contributed by atoms with van der Waals surface area (Å²) in [6.45, 7) is 6.09. The van der Waals surface area contributed by atoms with E-state index in [4.69, 9.17) is 19.8 Å². The van der Waals surface area contributed by atoms with Crippen molar-refractivity contribution in [2.75, 3.05) is 63.3 Å². The van der Waals surface area contributed by atoms with Crippen molar-refractivity contribution in [3.8, 4) is 22.8 Å². The average Bonchev–Trinajstić information content (AvgIpc) is 3.84. The Morgan fingerprint density at radius 3 is 2.44 bits per heavy atom. The Labute approximate surface area is 288 Å². The number of pyridine rings is 2. The van der Waals surface area contributed by atoms with Gasteiger partial charge >= 0.3 is 12.1 Å². The molecule has 4 aromatic rings. The van der Waals surface area contributed by atoms with Crippen molar-refractivity contribution in [2.45, 2.75) is 63.6 Å². The summed E-state index contributed by atoms with van der Waals surface area (Å²) in [7, 11) is 3.69. The number of halogens is 3. The number of carboxylic acids is 1. The molecule has 1 unspecified atom stereocenters. The normalized spacial score (nSPS) is 18.6. The Morgan fingerprint density at radius 2 is 1.84 bits per heavy atom. The van der Waals surface area contributed by atoms with Crippen LogP contribution >= 0.6 is 0 Å². The molecule has 3 fully saturated rings. The highest BCUT2D eigenvalue weighted by Gasteiger charge is 2.39. The quantitative estimate of drug-likeness (QED) is 0.192. The number of imidazole rings is 1. The molecule has 2 saturated carbocycles. The molecule has 0 bridgehead atoms. The Hall–Kier alpha value is -4.37. The highest BCUT2D eigenvalue weighted by Crippen LogP contribution is 2.44. The number of aromatic nitrogens is 6. The molecule has 3 aliphatic rings. The van der Waals surface area contributed by atoms with E-state index in [0.29, 0.717) is 71.7 Å². The highest BCUT2D eigenvalue weighted by molar-refractivity contribution is 5.91. The molecule has 50 heavy (non-hydrogen) atoms. The van der Waals surface area contributed by atoms with Gasteiger partial charge in [0.1, 0.15) is 22.7 Å². The predicted octanol–water partition coefficient (Wildman–Crippen LogP) is 5.61. The fourth-order valence-electron chi connectivity index (χ4n) is 7.27. The van der Waals surface area contributed by atoms with Gasteiger partial charge in [-0.1, -0.05) is 6.42 Å². The number of anilines is 2. The van der Waals surface area contributed by atoms with Crippen molar-refractivity contribution in [1.29, 1.82) is 0 Å². The maximum Gasteiger partial charge on any atom is 0.433 e. The SMILES string of the molecule is COCC1(CN(C)c2cc(-c3cc(C4CC4)nc(C(F)(F)F)c3)nc3nc(-c4cnc(N5CCN(C(C)CC(=O)O)CC5)cn4)[nH]c23)CCC1. The average molecular weight is 694 g/mol. The molecule has 1 aliphatic heterocycles. The maximum absolute atomic E-state index is 14.0. The number of carboxylic acid groups (broad SMARTS) is 1. The summed E-state index contributed by atoms with van der Waals surface area (Å²) >= 11 is 0. The minimum Gasteiger partial charge on any atom is -0.481 e. The summed E-state index contributed by atoms with van der Waals surface area (Å²) in [6, 6.07) is 4.60. The standard InChI is InChI=1S/C35H42F3N9O3/c1-21(13-30(48)49)46-9-11-47(12-10-46)29-18-39-26(17-40-29)32-43-31-27(45(2)19-34(20-50-3)7-4-8-34)16-25(42-33(31)44-32)23-14-24(22-5-6-22)41-28(15-23)35(36,37)38/h14-18,21-22H,4-13,19-20H2,1-3H3,(H,48,49)(H,42,43,44). The number of hydrogen-bond acceptors (Lipinski definition) is 10. The van der Waals surface area contributed by atoms with E-state index in [1.54, 1.807) is 25.6 Å². The van der Waals surface area contributed by atoms with E-state index in [1.807, 2.05) is 20.0 Å². The van der Waals surface area contributed by atoms with Crippen LogP contribution in [0.5, 0.6) is 0 Å². The minimum atomic E-state index is -4.59. The number of aromatic amines is 1. The molecule has 0 amide bonds. The Morgan fingerprint density at radius 1 is 1.08 bits per heavy atom. The van der Waals surface area contributed by atoms with E-state index in [0.717, 1.165) is 56.9 Å². The van der Waals surface area contributed by atoms with Crippen molar-refractivity contribution in [2.24, 2.45) is 5.41 Å². The Bertz CT molecular complexity index is 1850. The number of carbonyl (C=O) groups is 1. The van der Waals surface area contributed by atoms with Crippen LogP contribution in [-0.4, -0.2) is 105 Å². The molecule has 1 atom stereocenters. The second kappa shape index (κ2) is 13.4. The van der Waals surface area contributed by atoms with Gasteiger partial charge in [-0.25, -0.2) is 24.9 Å². The van der Waals surface area contributed by atoms with Gasteiger partial charge in [0.25, 0.3) is 0 Å². The Kier molecular flexibility index (Phi) is 9.14. The molecule has 1 saturated heterocycles. The van der Waals surface area contributed by atoms with Crippen LogP contribution in [0.4, 0.5) is 24.7 Å². The van der Waals surface area contributed by atoms with Crippen LogP contribution in [0.25, 0.3) is 33.9 Å². The second-order valence-electron chi connectivity index (χ2n) is 14.1. The van der Waals surface area contributed by atoms with Crippen LogP contribution in [-0.2, 0) is 15.7 Å². The minimum absolute atomic E-state index is 0.0114. The van der Waals surface area contributed by atoms with Gasteiger partial charge in [0, 0.05) is 75.5 Å². The van der Waals surface area contributed by atoms with Crippen LogP contribution in [0, 0.1) is 5.41 Å². The first-order valence-corrected chi connectivity index (χ1v) is 17.1. The first-order valence-electron chi connectivity index (χ1n) is 17.1. The van der Waals surface area contributed by atoms with Crippen molar-refractivity contribution in [1.82, 2.24) is 34.8 Å². The fraction of sp³-hybridized carbons (Fsp3) is 0.543. The van der Waals surface area contributed by atoms with Gasteiger partial charge < -0.3 is 24.6 Å². The number of piperazine rings is 1. The van der Waals surface area contributed by atoms with Crippen molar-refractivity contribution < 1.29 is 27.8 Å².